The van der Waals surface area contributed by atoms with Crippen molar-refractivity contribution < 1.29 is 14.3 Å². The fourth-order valence-electron chi connectivity index (χ4n) is 2.16. The van der Waals surface area contributed by atoms with E-state index >= 15 is 0 Å². The van der Waals surface area contributed by atoms with Crippen LogP contribution in [0.15, 0.2) is 18.3 Å². The van der Waals surface area contributed by atoms with Crippen LogP contribution in [-0.2, 0) is 9.47 Å². The van der Waals surface area contributed by atoms with Gasteiger partial charge in [0.1, 0.15) is 11.4 Å². The van der Waals surface area contributed by atoms with Gasteiger partial charge in [0.15, 0.2) is 0 Å². The molecule has 110 valence electrons. The summed E-state index contributed by atoms with van der Waals surface area (Å²) in [5.74, 6) is 1.02. The van der Waals surface area contributed by atoms with Crippen LogP contribution < -0.4 is 5.32 Å². The number of hydrogen-bond donors (Lipinski definition) is 1. The molecule has 1 aliphatic heterocycles. The molecule has 0 bridgehead atoms. The summed E-state index contributed by atoms with van der Waals surface area (Å²) in [6.45, 7) is 7.10. The second-order valence-electron chi connectivity index (χ2n) is 5.99. The van der Waals surface area contributed by atoms with E-state index in [4.69, 9.17) is 9.47 Å². The first-order valence-electron chi connectivity index (χ1n) is 6.98. The monoisotopic (exact) mass is 278 g/mol. The lowest BCUT2D eigenvalue weighted by Gasteiger charge is -2.22. The molecule has 0 atom stereocenters. The van der Waals surface area contributed by atoms with Crippen LogP contribution in [0.2, 0.25) is 0 Å². The zero-order valence-corrected chi connectivity index (χ0v) is 12.3. The molecule has 0 radical (unpaired) electrons. The molecule has 0 aromatic carbocycles. The predicted octanol–water partition coefficient (Wildman–Crippen LogP) is 3.32. The van der Waals surface area contributed by atoms with Crippen LogP contribution in [-0.4, -0.2) is 29.9 Å². The quantitative estimate of drug-likeness (QED) is 0.901. The van der Waals surface area contributed by atoms with E-state index in [2.05, 4.69) is 10.3 Å². The number of anilines is 1. The number of hydrogen-bond acceptors (Lipinski definition) is 4. The lowest BCUT2D eigenvalue weighted by Crippen LogP contribution is -2.27. The molecule has 1 saturated heterocycles. The van der Waals surface area contributed by atoms with E-state index in [9.17, 15) is 4.79 Å². The second-order valence-corrected chi connectivity index (χ2v) is 5.99. The third-order valence-electron chi connectivity index (χ3n) is 3.11. The lowest BCUT2D eigenvalue weighted by molar-refractivity contribution is 0.0635. The van der Waals surface area contributed by atoms with E-state index in [1.54, 1.807) is 0 Å². The standard InChI is InChI=1S/C15H22N2O3/c1-15(2,3)20-14(18)17-13-5-4-12(10-16-13)11-6-8-19-9-7-11/h4-5,10-11H,6-9H2,1-3H3,(H,16,17,18). The van der Waals surface area contributed by atoms with Gasteiger partial charge in [-0.25, -0.2) is 9.78 Å². The lowest BCUT2D eigenvalue weighted by atomic mass is 9.93. The maximum absolute atomic E-state index is 11.6. The fraction of sp³-hybridized carbons (Fsp3) is 0.600. The Balaban J connectivity index is 1.92. The van der Waals surface area contributed by atoms with Crippen LogP contribution in [0.3, 0.4) is 0 Å². The average molecular weight is 278 g/mol. The van der Waals surface area contributed by atoms with Crippen molar-refractivity contribution in [3.63, 3.8) is 0 Å². The van der Waals surface area contributed by atoms with Gasteiger partial charge in [-0.3, -0.25) is 5.32 Å². The molecule has 2 heterocycles. The zero-order valence-electron chi connectivity index (χ0n) is 12.3. The van der Waals surface area contributed by atoms with E-state index in [1.807, 2.05) is 39.1 Å². The molecule has 1 aromatic heterocycles. The average Bonchev–Trinajstić information content (AvgIpc) is 2.38. The molecule has 5 heteroatoms. The van der Waals surface area contributed by atoms with Crippen LogP contribution in [0.5, 0.6) is 0 Å². The van der Waals surface area contributed by atoms with Gasteiger partial charge in [0.05, 0.1) is 0 Å². The zero-order chi connectivity index (χ0) is 14.6. The summed E-state index contributed by atoms with van der Waals surface area (Å²) in [7, 11) is 0. The van der Waals surface area contributed by atoms with Crippen LogP contribution in [0.25, 0.3) is 0 Å². The number of pyridine rings is 1. The van der Waals surface area contributed by atoms with Crippen LogP contribution >= 0.6 is 0 Å². The van der Waals surface area contributed by atoms with Gasteiger partial charge < -0.3 is 9.47 Å². The van der Waals surface area contributed by atoms with E-state index in [0.29, 0.717) is 11.7 Å². The molecule has 0 saturated carbocycles. The maximum Gasteiger partial charge on any atom is 0.413 e. The third kappa shape index (κ3) is 4.49. The Morgan fingerprint density at radius 2 is 2.05 bits per heavy atom. The van der Waals surface area contributed by atoms with Crippen molar-refractivity contribution in [2.45, 2.75) is 45.1 Å². The summed E-state index contributed by atoms with van der Waals surface area (Å²) >= 11 is 0. The molecule has 1 amide bonds. The minimum absolute atomic E-state index is 0.483. The number of carbonyl (C=O) groups is 1. The minimum atomic E-state index is -0.508. The van der Waals surface area contributed by atoms with Crippen LogP contribution in [0.4, 0.5) is 10.6 Å². The van der Waals surface area contributed by atoms with Crippen LogP contribution in [0, 0.1) is 0 Å². The molecule has 1 fully saturated rings. The fourth-order valence-corrected chi connectivity index (χ4v) is 2.16. The number of ether oxygens (including phenoxy) is 2. The molecule has 0 unspecified atom stereocenters. The molecule has 5 nitrogen and oxygen atoms in total. The molecule has 20 heavy (non-hydrogen) atoms. The molecule has 2 rings (SSSR count). The normalized spacial score (nSPS) is 16.8. The number of rotatable bonds is 2. The van der Waals surface area contributed by atoms with Gasteiger partial charge in [0.25, 0.3) is 0 Å². The van der Waals surface area contributed by atoms with Crippen LogP contribution in [0.1, 0.15) is 45.1 Å². The molecule has 1 aromatic rings. The van der Waals surface area contributed by atoms with E-state index in [-0.39, 0.29) is 0 Å². The number of nitrogens with zero attached hydrogens (tertiary/aromatic N) is 1. The van der Waals surface area contributed by atoms with E-state index in [0.717, 1.165) is 26.1 Å². The topological polar surface area (TPSA) is 60.5 Å². The van der Waals surface area contributed by atoms with Gasteiger partial charge in [-0.05, 0) is 51.2 Å². The van der Waals surface area contributed by atoms with E-state index < -0.39 is 11.7 Å². The Morgan fingerprint density at radius 1 is 1.35 bits per heavy atom. The first-order valence-corrected chi connectivity index (χ1v) is 6.98. The number of carbonyl (C=O) groups excluding carboxylic acids is 1. The molecular weight excluding hydrogens is 256 g/mol. The Kier molecular flexibility index (Phi) is 4.60. The van der Waals surface area contributed by atoms with E-state index in [1.165, 1.54) is 5.56 Å². The second kappa shape index (κ2) is 6.22. The van der Waals surface area contributed by atoms with Crippen molar-refractivity contribution in [3.8, 4) is 0 Å². The minimum Gasteiger partial charge on any atom is -0.444 e. The Morgan fingerprint density at radius 3 is 2.60 bits per heavy atom. The van der Waals surface area contributed by atoms with Crippen molar-refractivity contribution in [2.24, 2.45) is 0 Å². The first-order chi connectivity index (χ1) is 9.44. The summed E-state index contributed by atoms with van der Waals surface area (Å²) in [4.78, 5) is 15.9. The molecule has 1 aliphatic rings. The molecule has 0 spiro atoms. The largest absolute Gasteiger partial charge is 0.444 e. The van der Waals surface area contributed by atoms with Crippen molar-refractivity contribution in [2.75, 3.05) is 18.5 Å². The number of amides is 1. The molecule has 0 aliphatic carbocycles. The Labute approximate surface area is 119 Å². The molecule has 1 N–H and O–H groups in total. The van der Waals surface area contributed by atoms with Crippen molar-refractivity contribution in [1.82, 2.24) is 4.98 Å². The molecular formula is C15H22N2O3. The highest BCUT2D eigenvalue weighted by molar-refractivity contribution is 5.83. The van der Waals surface area contributed by atoms with Crippen molar-refractivity contribution in [1.29, 1.82) is 0 Å². The number of aromatic nitrogens is 1. The SMILES string of the molecule is CC(C)(C)OC(=O)Nc1ccc(C2CCOCC2)cn1. The van der Waals surface area contributed by atoms with Crippen molar-refractivity contribution in [3.05, 3.63) is 23.9 Å². The summed E-state index contributed by atoms with van der Waals surface area (Å²) in [5.41, 5.74) is 0.689. The summed E-state index contributed by atoms with van der Waals surface area (Å²) in [6.07, 6.45) is 3.40. The summed E-state index contributed by atoms with van der Waals surface area (Å²) in [6, 6.07) is 3.82. The Hall–Kier alpha value is -1.62. The summed E-state index contributed by atoms with van der Waals surface area (Å²) in [5, 5.41) is 2.63. The van der Waals surface area contributed by atoms with Gasteiger partial charge >= 0.3 is 6.09 Å². The van der Waals surface area contributed by atoms with Gasteiger partial charge in [-0.2, -0.15) is 0 Å². The van der Waals surface area contributed by atoms with Gasteiger partial charge in [0, 0.05) is 19.4 Å². The van der Waals surface area contributed by atoms with Gasteiger partial charge in [-0.15, -0.1) is 0 Å². The smallest absolute Gasteiger partial charge is 0.413 e. The maximum atomic E-state index is 11.6. The Bertz CT molecular complexity index is 445. The highest BCUT2D eigenvalue weighted by Gasteiger charge is 2.18. The van der Waals surface area contributed by atoms with Gasteiger partial charge in [0.2, 0.25) is 0 Å². The highest BCUT2D eigenvalue weighted by atomic mass is 16.6. The first kappa shape index (κ1) is 14.8. The highest BCUT2D eigenvalue weighted by Crippen LogP contribution is 2.26. The summed E-state index contributed by atoms with van der Waals surface area (Å²) < 4.78 is 10.5. The van der Waals surface area contributed by atoms with Crippen molar-refractivity contribution >= 4 is 11.9 Å². The van der Waals surface area contributed by atoms with Gasteiger partial charge in [-0.1, -0.05) is 6.07 Å². The third-order valence-corrected chi connectivity index (χ3v) is 3.11. The number of nitrogens with one attached hydrogen (secondary N) is 1. The predicted molar refractivity (Wildman–Crippen MR) is 76.9 cm³/mol.